The molecule has 0 unspecified atom stereocenters. The molecule has 2 N–H and O–H groups in total. The number of ether oxygens (including phenoxy) is 1. The van der Waals surface area contributed by atoms with Crippen molar-refractivity contribution in [2.45, 2.75) is 26.8 Å². The number of rotatable bonds is 8. The molecule has 2 rings (SSSR count). The molecule has 1 aromatic heterocycles. The number of benzene rings is 1. The first-order valence-electron chi connectivity index (χ1n) is 8.20. The van der Waals surface area contributed by atoms with Crippen LogP contribution in [0.1, 0.15) is 36.3 Å². The summed E-state index contributed by atoms with van der Waals surface area (Å²) < 4.78 is 5.29. The van der Waals surface area contributed by atoms with Gasteiger partial charge in [0.05, 0.1) is 7.11 Å². The van der Waals surface area contributed by atoms with Crippen molar-refractivity contribution in [3.63, 3.8) is 0 Å². The number of anilines is 1. The summed E-state index contributed by atoms with van der Waals surface area (Å²) in [6.45, 7) is 5.65. The fourth-order valence-corrected chi connectivity index (χ4v) is 2.28. The molecule has 128 valence electrons. The van der Waals surface area contributed by atoms with Gasteiger partial charge < -0.3 is 15.4 Å². The van der Waals surface area contributed by atoms with Crippen LogP contribution in [0.4, 0.5) is 5.69 Å². The van der Waals surface area contributed by atoms with Crippen LogP contribution in [0.2, 0.25) is 0 Å². The number of nitrogens with zero attached hydrogens (tertiary/aromatic N) is 1. The number of carbonyl (C=O) groups is 1. The van der Waals surface area contributed by atoms with Crippen LogP contribution in [-0.2, 0) is 6.54 Å². The maximum absolute atomic E-state index is 12.3. The van der Waals surface area contributed by atoms with E-state index in [1.165, 1.54) is 0 Å². The third kappa shape index (κ3) is 5.26. The largest absolute Gasteiger partial charge is 0.496 e. The van der Waals surface area contributed by atoms with Gasteiger partial charge in [0, 0.05) is 30.5 Å². The number of para-hydroxylation sites is 1. The van der Waals surface area contributed by atoms with E-state index in [-0.39, 0.29) is 5.91 Å². The third-order valence-electron chi connectivity index (χ3n) is 3.68. The van der Waals surface area contributed by atoms with Crippen molar-refractivity contribution in [2.24, 2.45) is 5.92 Å². The standard InChI is InChI=1S/C19H25N3O2/c1-14(2)8-10-20-16-9-11-21-17(12-16)19(23)22-13-15-6-4-5-7-18(15)24-3/h4-7,9,11-12,14H,8,10,13H2,1-3H3,(H,20,21)(H,22,23). The lowest BCUT2D eigenvalue weighted by Gasteiger charge is -2.11. The van der Waals surface area contributed by atoms with Gasteiger partial charge in [-0.15, -0.1) is 0 Å². The first-order chi connectivity index (χ1) is 11.6. The lowest BCUT2D eigenvalue weighted by Crippen LogP contribution is -2.24. The van der Waals surface area contributed by atoms with Gasteiger partial charge in [0.25, 0.3) is 5.91 Å². The molecule has 0 aliphatic carbocycles. The van der Waals surface area contributed by atoms with Crippen molar-refractivity contribution in [1.29, 1.82) is 0 Å². The minimum atomic E-state index is -0.201. The molecule has 1 heterocycles. The summed E-state index contributed by atoms with van der Waals surface area (Å²) in [6.07, 6.45) is 2.73. The van der Waals surface area contributed by atoms with Gasteiger partial charge in [0.2, 0.25) is 0 Å². The molecule has 5 heteroatoms. The Kier molecular flexibility index (Phi) is 6.61. The van der Waals surface area contributed by atoms with Crippen LogP contribution in [0.5, 0.6) is 5.75 Å². The number of pyridine rings is 1. The maximum atomic E-state index is 12.3. The SMILES string of the molecule is COc1ccccc1CNC(=O)c1cc(NCCC(C)C)ccn1. The zero-order valence-electron chi connectivity index (χ0n) is 14.5. The van der Waals surface area contributed by atoms with Gasteiger partial charge in [-0.3, -0.25) is 9.78 Å². The summed E-state index contributed by atoms with van der Waals surface area (Å²) in [5.74, 6) is 1.20. The Morgan fingerprint density at radius 2 is 2.04 bits per heavy atom. The van der Waals surface area contributed by atoms with E-state index in [0.29, 0.717) is 18.2 Å². The van der Waals surface area contributed by atoms with Gasteiger partial charge in [0.1, 0.15) is 11.4 Å². The number of methoxy groups -OCH3 is 1. The number of carbonyl (C=O) groups excluding carboxylic acids is 1. The second kappa shape index (κ2) is 8.91. The van der Waals surface area contributed by atoms with E-state index >= 15 is 0 Å². The van der Waals surface area contributed by atoms with E-state index in [9.17, 15) is 4.79 Å². The van der Waals surface area contributed by atoms with Gasteiger partial charge in [-0.25, -0.2) is 0 Å². The van der Waals surface area contributed by atoms with Gasteiger partial charge >= 0.3 is 0 Å². The summed E-state index contributed by atoms with van der Waals surface area (Å²) in [5.41, 5.74) is 2.24. The quantitative estimate of drug-likeness (QED) is 0.779. The Bertz CT molecular complexity index is 671. The number of hydrogen-bond donors (Lipinski definition) is 2. The van der Waals surface area contributed by atoms with Crippen LogP contribution in [0, 0.1) is 5.92 Å². The smallest absolute Gasteiger partial charge is 0.270 e. The molecule has 0 spiro atoms. The summed E-state index contributed by atoms with van der Waals surface area (Å²) in [5, 5.41) is 6.21. The Morgan fingerprint density at radius 3 is 2.79 bits per heavy atom. The molecule has 0 atom stereocenters. The highest BCUT2D eigenvalue weighted by atomic mass is 16.5. The van der Waals surface area contributed by atoms with E-state index in [2.05, 4.69) is 29.5 Å². The normalized spacial score (nSPS) is 10.5. The average molecular weight is 327 g/mol. The highest BCUT2D eigenvalue weighted by Gasteiger charge is 2.09. The zero-order chi connectivity index (χ0) is 17.4. The summed E-state index contributed by atoms with van der Waals surface area (Å²) in [6, 6.07) is 11.3. The topological polar surface area (TPSA) is 63.2 Å². The highest BCUT2D eigenvalue weighted by Crippen LogP contribution is 2.17. The van der Waals surface area contributed by atoms with E-state index < -0.39 is 0 Å². The fraction of sp³-hybridized carbons (Fsp3) is 0.368. The predicted molar refractivity (Wildman–Crippen MR) is 96.3 cm³/mol. The van der Waals surface area contributed by atoms with E-state index in [4.69, 9.17) is 4.74 Å². The third-order valence-corrected chi connectivity index (χ3v) is 3.68. The lowest BCUT2D eigenvalue weighted by molar-refractivity contribution is 0.0945. The highest BCUT2D eigenvalue weighted by molar-refractivity contribution is 5.93. The first-order valence-corrected chi connectivity index (χ1v) is 8.20. The molecule has 0 fully saturated rings. The molecule has 0 aliphatic heterocycles. The molecule has 24 heavy (non-hydrogen) atoms. The lowest BCUT2D eigenvalue weighted by atomic mass is 10.1. The predicted octanol–water partition coefficient (Wildman–Crippen LogP) is 3.48. The van der Waals surface area contributed by atoms with Crippen molar-refractivity contribution in [2.75, 3.05) is 19.0 Å². The monoisotopic (exact) mass is 327 g/mol. The Labute approximate surface area is 143 Å². The molecular weight excluding hydrogens is 302 g/mol. The van der Waals surface area contributed by atoms with E-state index in [1.807, 2.05) is 30.3 Å². The zero-order valence-corrected chi connectivity index (χ0v) is 14.5. The van der Waals surface area contributed by atoms with E-state index in [0.717, 1.165) is 30.0 Å². The molecule has 1 amide bonds. The Balaban J connectivity index is 1.94. The van der Waals surface area contributed by atoms with Gasteiger partial charge in [-0.2, -0.15) is 0 Å². The molecule has 0 radical (unpaired) electrons. The molecule has 0 saturated carbocycles. The van der Waals surface area contributed by atoms with Crippen molar-refractivity contribution in [3.8, 4) is 5.75 Å². The molecular formula is C19H25N3O2. The molecule has 2 aromatic rings. The van der Waals surface area contributed by atoms with Crippen LogP contribution in [0.25, 0.3) is 0 Å². The van der Waals surface area contributed by atoms with Crippen molar-refractivity contribution in [3.05, 3.63) is 53.9 Å². The van der Waals surface area contributed by atoms with Gasteiger partial charge in [-0.1, -0.05) is 32.0 Å². The summed E-state index contributed by atoms with van der Waals surface area (Å²) in [4.78, 5) is 16.5. The minimum Gasteiger partial charge on any atom is -0.496 e. The van der Waals surface area contributed by atoms with Crippen LogP contribution in [0.3, 0.4) is 0 Å². The Hall–Kier alpha value is -2.56. The molecule has 1 aromatic carbocycles. The number of nitrogens with one attached hydrogen (secondary N) is 2. The van der Waals surface area contributed by atoms with Gasteiger partial charge in [0.15, 0.2) is 0 Å². The summed E-state index contributed by atoms with van der Waals surface area (Å²) >= 11 is 0. The van der Waals surface area contributed by atoms with Crippen LogP contribution in [0.15, 0.2) is 42.6 Å². The number of amides is 1. The number of aromatic nitrogens is 1. The molecule has 0 saturated heterocycles. The number of hydrogen-bond acceptors (Lipinski definition) is 4. The summed E-state index contributed by atoms with van der Waals surface area (Å²) in [7, 11) is 1.62. The Morgan fingerprint density at radius 1 is 1.25 bits per heavy atom. The minimum absolute atomic E-state index is 0.201. The average Bonchev–Trinajstić information content (AvgIpc) is 2.60. The first kappa shape index (κ1) is 17.8. The van der Waals surface area contributed by atoms with Crippen molar-refractivity contribution < 1.29 is 9.53 Å². The van der Waals surface area contributed by atoms with E-state index in [1.54, 1.807) is 19.4 Å². The van der Waals surface area contributed by atoms with Crippen molar-refractivity contribution in [1.82, 2.24) is 10.3 Å². The van der Waals surface area contributed by atoms with Crippen LogP contribution in [-0.4, -0.2) is 24.5 Å². The molecule has 0 aliphatic rings. The van der Waals surface area contributed by atoms with Crippen LogP contribution >= 0.6 is 0 Å². The van der Waals surface area contributed by atoms with Gasteiger partial charge in [-0.05, 0) is 30.5 Å². The fourth-order valence-electron chi connectivity index (χ4n) is 2.28. The van der Waals surface area contributed by atoms with Crippen molar-refractivity contribution >= 4 is 11.6 Å². The molecule has 0 bridgehead atoms. The maximum Gasteiger partial charge on any atom is 0.270 e. The second-order valence-corrected chi connectivity index (χ2v) is 6.03. The van der Waals surface area contributed by atoms with Crippen LogP contribution < -0.4 is 15.4 Å². The second-order valence-electron chi connectivity index (χ2n) is 6.03. The molecule has 5 nitrogen and oxygen atoms in total.